The van der Waals surface area contributed by atoms with E-state index >= 15 is 0 Å². The molecule has 1 aliphatic carbocycles. The lowest BCUT2D eigenvalue weighted by Gasteiger charge is -2.32. The van der Waals surface area contributed by atoms with Crippen LogP contribution in [0.5, 0.6) is 0 Å². The molecule has 1 unspecified atom stereocenters. The van der Waals surface area contributed by atoms with Crippen LogP contribution in [0.2, 0.25) is 0 Å². The number of aryl methyl sites for hydroxylation is 2. The predicted octanol–water partition coefficient (Wildman–Crippen LogP) is 5.22. The van der Waals surface area contributed by atoms with Gasteiger partial charge in [0.15, 0.2) is 11.0 Å². The summed E-state index contributed by atoms with van der Waals surface area (Å²) in [6.07, 6.45) is 9.41. The second-order valence-electron chi connectivity index (χ2n) is 8.65. The van der Waals surface area contributed by atoms with Crippen molar-refractivity contribution < 1.29 is 4.79 Å². The van der Waals surface area contributed by atoms with Crippen LogP contribution in [0.3, 0.4) is 0 Å². The van der Waals surface area contributed by atoms with Gasteiger partial charge >= 0.3 is 0 Å². The van der Waals surface area contributed by atoms with Crippen LogP contribution in [0.1, 0.15) is 50.2 Å². The monoisotopic (exact) mass is 449 g/mol. The smallest absolute Gasteiger partial charge is 0.235 e. The molecule has 1 aromatic carbocycles. The van der Waals surface area contributed by atoms with E-state index in [0.717, 1.165) is 35.1 Å². The highest BCUT2D eigenvalue weighted by Gasteiger charge is 2.28. The maximum absolute atomic E-state index is 13.2. The standard InChI is InChI=1S/C25H31N5OS/c1-17-10-11-22(16-18(17)2)30-23(20-12-14-26-15-13-20)27-28-25(30)32-19(3)24(31)29(4)21-8-6-5-7-9-21/h10-16,19,21H,5-9H2,1-4H3. The number of aromatic nitrogens is 4. The molecule has 4 rings (SSSR count). The molecule has 1 amide bonds. The molecule has 32 heavy (non-hydrogen) atoms. The lowest BCUT2D eigenvalue weighted by molar-refractivity contribution is -0.131. The van der Waals surface area contributed by atoms with Gasteiger partial charge in [-0.2, -0.15) is 0 Å². The molecule has 1 saturated carbocycles. The van der Waals surface area contributed by atoms with Gasteiger partial charge in [0.05, 0.1) is 10.9 Å². The Bertz CT molecular complexity index is 1080. The highest BCUT2D eigenvalue weighted by molar-refractivity contribution is 8.00. The van der Waals surface area contributed by atoms with Gasteiger partial charge in [-0.3, -0.25) is 14.3 Å². The first-order chi connectivity index (χ1) is 15.5. The van der Waals surface area contributed by atoms with Crippen molar-refractivity contribution in [2.24, 2.45) is 0 Å². The minimum absolute atomic E-state index is 0.155. The van der Waals surface area contributed by atoms with Gasteiger partial charge in [-0.25, -0.2) is 0 Å². The van der Waals surface area contributed by atoms with E-state index in [1.54, 1.807) is 12.4 Å². The SMILES string of the molecule is Cc1ccc(-n2c(SC(C)C(=O)N(C)C3CCCCC3)nnc2-c2ccncc2)cc1C. The first-order valence-corrected chi connectivity index (χ1v) is 12.2. The fourth-order valence-electron chi connectivity index (χ4n) is 4.28. The Morgan fingerprint density at radius 3 is 2.47 bits per heavy atom. The van der Waals surface area contributed by atoms with Gasteiger partial charge in [0.25, 0.3) is 0 Å². The van der Waals surface area contributed by atoms with E-state index in [2.05, 4.69) is 51.8 Å². The zero-order chi connectivity index (χ0) is 22.7. The number of carbonyl (C=O) groups is 1. The summed E-state index contributed by atoms with van der Waals surface area (Å²) in [5.41, 5.74) is 4.37. The highest BCUT2D eigenvalue weighted by atomic mass is 32.2. The molecule has 0 saturated heterocycles. The Hall–Kier alpha value is -2.67. The average Bonchev–Trinajstić information content (AvgIpc) is 3.24. The van der Waals surface area contributed by atoms with Crippen molar-refractivity contribution in [3.63, 3.8) is 0 Å². The predicted molar refractivity (Wildman–Crippen MR) is 129 cm³/mol. The molecule has 1 atom stereocenters. The van der Waals surface area contributed by atoms with Crippen LogP contribution in [0.4, 0.5) is 0 Å². The summed E-state index contributed by atoms with van der Waals surface area (Å²) < 4.78 is 2.05. The molecule has 0 aliphatic heterocycles. The summed E-state index contributed by atoms with van der Waals surface area (Å²) in [5, 5.41) is 9.47. The lowest BCUT2D eigenvalue weighted by Crippen LogP contribution is -2.42. The second kappa shape index (κ2) is 9.86. The van der Waals surface area contributed by atoms with Gasteiger partial charge in [0, 0.05) is 31.0 Å². The molecule has 0 radical (unpaired) electrons. The summed E-state index contributed by atoms with van der Waals surface area (Å²) in [4.78, 5) is 19.3. The van der Waals surface area contributed by atoms with E-state index in [1.807, 2.05) is 31.0 Å². The molecular weight excluding hydrogens is 418 g/mol. The normalized spacial score (nSPS) is 15.5. The fourth-order valence-corrected chi connectivity index (χ4v) is 5.24. The Kier molecular flexibility index (Phi) is 6.94. The molecule has 7 heteroatoms. The van der Waals surface area contributed by atoms with Gasteiger partial charge in [0.2, 0.25) is 5.91 Å². The first kappa shape index (κ1) is 22.5. The Balaban J connectivity index is 1.65. The molecule has 0 N–H and O–H groups in total. The number of hydrogen-bond acceptors (Lipinski definition) is 5. The van der Waals surface area contributed by atoms with Gasteiger partial charge in [-0.1, -0.05) is 37.1 Å². The fraction of sp³-hybridized carbons (Fsp3) is 0.440. The van der Waals surface area contributed by atoms with Crippen molar-refractivity contribution in [1.29, 1.82) is 0 Å². The number of carbonyl (C=O) groups excluding carboxylic acids is 1. The van der Waals surface area contributed by atoms with E-state index in [4.69, 9.17) is 0 Å². The van der Waals surface area contributed by atoms with Gasteiger partial charge in [-0.05, 0) is 69.0 Å². The molecular formula is C25H31N5OS. The highest BCUT2D eigenvalue weighted by Crippen LogP contribution is 2.32. The third-order valence-electron chi connectivity index (χ3n) is 6.42. The maximum atomic E-state index is 13.2. The molecule has 0 spiro atoms. The van der Waals surface area contributed by atoms with E-state index in [-0.39, 0.29) is 11.2 Å². The van der Waals surface area contributed by atoms with Crippen molar-refractivity contribution >= 4 is 17.7 Å². The number of thioether (sulfide) groups is 1. The van der Waals surface area contributed by atoms with Crippen molar-refractivity contribution in [3.05, 3.63) is 53.9 Å². The summed E-state index contributed by atoms with van der Waals surface area (Å²) in [6.45, 7) is 6.18. The number of pyridine rings is 1. The molecule has 168 valence electrons. The van der Waals surface area contributed by atoms with Gasteiger partial charge < -0.3 is 4.90 Å². The van der Waals surface area contributed by atoms with Crippen LogP contribution in [0.15, 0.2) is 47.9 Å². The maximum Gasteiger partial charge on any atom is 0.235 e. The topological polar surface area (TPSA) is 63.9 Å². The van der Waals surface area contributed by atoms with Crippen molar-refractivity contribution in [1.82, 2.24) is 24.6 Å². The van der Waals surface area contributed by atoms with Gasteiger partial charge in [0.1, 0.15) is 0 Å². The number of amides is 1. The zero-order valence-corrected chi connectivity index (χ0v) is 20.1. The van der Waals surface area contributed by atoms with E-state index < -0.39 is 0 Å². The molecule has 2 heterocycles. The molecule has 3 aromatic rings. The lowest BCUT2D eigenvalue weighted by atomic mass is 9.94. The molecule has 1 aliphatic rings. The second-order valence-corrected chi connectivity index (χ2v) is 9.96. The third-order valence-corrected chi connectivity index (χ3v) is 7.45. The van der Waals surface area contributed by atoms with Crippen LogP contribution < -0.4 is 0 Å². The molecule has 6 nitrogen and oxygen atoms in total. The quantitative estimate of drug-likeness (QED) is 0.483. The van der Waals surface area contributed by atoms with Crippen LogP contribution in [-0.4, -0.2) is 48.9 Å². The van der Waals surface area contributed by atoms with Crippen LogP contribution in [0, 0.1) is 13.8 Å². The van der Waals surface area contributed by atoms with Crippen molar-refractivity contribution in [2.45, 2.75) is 69.3 Å². The third kappa shape index (κ3) is 4.72. The van der Waals surface area contributed by atoms with Crippen LogP contribution in [0.25, 0.3) is 17.1 Å². The minimum Gasteiger partial charge on any atom is -0.342 e. The van der Waals surface area contributed by atoms with Crippen LogP contribution >= 0.6 is 11.8 Å². The Morgan fingerprint density at radius 2 is 1.78 bits per heavy atom. The largest absolute Gasteiger partial charge is 0.342 e. The van der Waals surface area contributed by atoms with Crippen molar-refractivity contribution in [3.8, 4) is 17.1 Å². The van der Waals surface area contributed by atoms with E-state index in [9.17, 15) is 4.79 Å². The van der Waals surface area contributed by atoms with Crippen LogP contribution in [-0.2, 0) is 4.79 Å². The number of hydrogen-bond donors (Lipinski definition) is 0. The van der Waals surface area contributed by atoms with Crippen molar-refractivity contribution in [2.75, 3.05) is 7.05 Å². The Labute approximate surface area is 194 Å². The molecule has 0 bridgehead atoms. The summed E-state index contributed by atoms with van der Waals surface area (Å²) >= 11 is 1.47. The first-order valence-electron chi connectivity index (χ1n) is 11.3. The van der Waals surface area contributed by atoms with E-state index in [0.29, 0.717) is 6.04 Å². The van der Waals surface area contributed by atoms with Gasteiger partial charge in [-0.15, -0.1) is 10.2 Å². The molecule has 2 aromatic heterocycles. The summed E-state index contributed by atoms with van der Waals surface area (Å²) in [5.74, 6) is 0.903. The summed E-state index contributed by atoms with van der Waals surface area (Å²) in [7, 11) is 1.95. The number of rotatable bonds is 6. The molecule has 1 fully saturated rings. The minimum atomic E-state index is -0.248. The zero-order valence-electron chi connectivity index (χ0n) is 19.3. The Morgan fingerprint density at radius 1 is 1.06 bits per heavy atom. The number of benzene rings is 1. The summed E-state index contributed by atoms with van der Waals surface area (Å²) in [6, 6.07) is 10.6. The average molecular weight is 450 g/mol. The van der Waals surface area contributed by atoms with E-state index in [1.165, 1.54) is 42.2 Å². The number of nitrogens with zero attached hydrogens (tertiary/aromatic N) is 5.